The van der Waals surface area contributed by atoms with Crippen molar-refractivity contribution in [1.82, 2.24) is 10.2 Å². The van der Waals surface area contributed by atoms with Crippen LogP contribution >= 0.6 is 12.2 Å². The molecule has 3 nitrogen and oxygen atoms in total. The topological polar surface area (TPSA) is 27.3 Å². The molecular weight excluding hydrogens is 268 g/mol. The van der Waals surface area contributed by atoms with E-state index in [-0.39, 0.29) is 5.69 Å². The van der Waals surface area contributed by atoms with Crippen molar-refractivity contribution < 1.29 is 8.78 Å². The van der Waals surface area contributed by atoms with Gasteiger partial charge in [0.25, 0.3) is 0 Å². The highest BCUT2D eigenvalue weighted by Crippen LogP contribution is 2.15. The molecule has 1 fully saturated rings. The van der Waals surface area contributed by atoms with Crippen LogP contribution in [0.1, 0.15) is 12.8 Å². The standard InChI is InChI=1S/C13H17F2N3S/c1-18-6-4-10(5-7-18)16-13(19)17-12-3-2-9(14)8-11(12)15/h2-3,8,10H,4-7H2,1H3,(H2,16,17,19). The molecule has 104 valence electrons. The van der Waals surface area contributed by atoms with E-state index in [1.165, 1.54) is 12.1 Å². The summed E-state index contributed by atoms with van der Waals surface area (Å²) in [5.74, 6) is -1.25. The van der Waals surface area contributed by atoms with E-state index in [2.05, 4.69) is 22.6 Å². The maximum atomic E-state index is 13.4. The first-order valence-electron chi connectivity index (χ1n) is 6.25. The van der Waals surface area contributed by atoms with Crippen molar-refractivity contribution in [2.24, 2.45) is 0 Å². The number of rotatable bonds is 2. The van der Waals surface area contributed by atoms with Crippen LogP contribution < -0.4 is 10.6 Å². The van der Waals surface area contributed by atoms with Crippen LogP contribution in [0.15, 0.2) is 18.2 Å². The predicted molar refractivity (Wildman–Crippen MR) is 76.2 cm³/mol. The maximum Gasteiger partial charge on any atom is 0.171 e. The molecule has 0 amide bonds. The van der Waals surface area contributed by atoms with Gasteiger partial charge in [0, 0.05) is 12.1 Å². The minimum atomic E-state index is -0.646. The quantitative estimate of drug-likeness (QED) is 0.816. The number of thiocarbonyl (C=S) groups is 1. The Morgan fingerprint density at radius 1 is 1.32 bits per heavy atom. The highest BCUT2D eigenvalue weighted by atomic mass is 32.1. The molecule has 0 bridgehead atoms. The summed E-state index contributed by atoms with van der Waals surface area (Å²) >= 11 is 5.14. The van der Waals surface area contributed by atoms with Crippen LogP contribution in [0.4, 0.5) is 14.5 Å². The summed E-state index contributed by atoms with van der Waals surface area (Å²) in [5, 5.41) is 6.30. The van der Waals surface area contributed by atoms with Gasteiger partial charge in [-0.05, 0) is 57.3 Å². The van der Waals surface area contributed by atoms with E-state index in [1.807, 2.05) is 0 Å². The fourth-order valence-electron chi connectivity index (χ4n) is 2.09. The Hall–Kier alpha value is -1.27. The molecule has 0 saturated carbocycles. The summed E-state index contributed by atoms with van der Waals surface area (Å²) in [6, 6.07) is 3.68. The lowest BCUT2D eigenvalue weighted by Gasteiger charge is -2.30. The first-order chi connectivity index (χ1) is 9.04. The highest BCUT2D eigenvalue weighted by molar-refractivity contribution is 7.80. The molecule has 19 heavy (non-hydrogen) atoms. The van der Waals surface area contributed by atoms with Gasteiger partial charge in [-0.15, -0.1) is 0 Å². The number of nitrogens with zero attached hydrogens (tertiary/aromatic N) is 1. The van der Waals surface area contributed by atoms with Crippen molar-refractivity contribution in [2.75, 3.05) is 25.5 Å². The van der Waals surface area contributed by atoms with Crippen LogP contribution in [-0.4, -0.2) is 36.2 Å². The maximum absolute atomic E-state index is 13.4. The van der Waals surface area contributed by atoms with E-state index in [9.17, 15) is 8.78 Å². The summed E-state index contributed by atoms with van der Waals surface area (Å²) < 4.78 is 26.2. The van der Waals surface area contributed by atoms with E-state index >= 15 is 0 Å². The smallest absolute Gasteiger partial charge is 0.171 e. The first-order valence-corrected chi connectivity index (χ1v) is 6.66. The van der Waals surface area contributed by atoms with E-state index in [0.29, 0.717) is 11.2 Å². The van der Waals surface area contributed by atoms with Gasteiger partial charge in [-0.3, -0.25) is 0 Å². The minimum absolute atomic E-state index is 0.187. The summed E-state index contributed by atoms with van der Waals surface area (Å²) in [5.41, 5.74) is 0.187. The lowest BCUT2D eigenvalue weighted by atomic mass is 10.1. The van der Waals surface area contributed by atoms with Crippen LogP contribution in [0.3, 0.4) is 0 Å². The van der Waals surface area contributed by atoms with Crippen LogP contribution in [0.25, 0.3) is 0 Å². The summed E-state index contributed by atoms with van der Waals surface area (Å²) in [7, 11) is 2.08. The molecule has 1 aliphatic rings. The lowest BCUT2D eigenvalue weighted by molar-refractivity contribution is 0.247. The van der Waals surface area contributed by atoms with E-state index in [0.717, 1.165) is 32.0 Å². The Balaban J connectivity index is 1.87. The first kappa shape index (κ1) is 14.1. The number of likely N-dealkylation sites (tertiary alicyclic amines) is 1. The zero-order chi connectivity index (χ0) is 13.8. The number of piperidine rings is 1. The molecule has 0 aromatic heterocycles. The van der Waals surface area contributed by atoms with Gasteiger partial charge >= 0.3 is 0 Å². The molecule has 0 radical (unpaired) electrons. The monoisotopic (exact) mass is 285 g/mol. The largest absolute Gasteiger partial charge is 0.360 e. The second kappa shape index (κ2) is 6.25. The lowest BCUT2D eigenvalue weighted by Crippen LogP contribution is -2.44. The molecule has 1 saturated heterocycles. The van der Waals surface area contributed by atoms with Gasteiger partial charge in [-0.25, -0.2) is 8.78 Å². The van der Waals surface area contributed by atoms with Gasteiger partial charge in [0.15, 0.2) is 5.11 Å². The van der Waals surface area contributed by atoms with Crippen molar-refractivity contribution in [3.63, 3.8) is 0 Å². The fourth-order valence-corrected chi connectivity index (χ4v) is 2.36. The average Bonchev–Trinajstić information content (AvgIpc) is 2.36. The van der Waals surface area contributed by atoms with E-state index in [4.69, 9.17) is 12.2 Å². The highest BCUT2D eigenvalue weighted by Gasteiger charge is 2.17. The van der Waals surface area contributed by atoms with Gasteiger partial charge in [0.05, 0.1) is 5.69 Å². The van der Waals surface area contributed by atoms with Gasteiger partial charge < -0.3 is 15.5 Å². The molecule has 1 aromatic rings. The number of benzene rings is 1. The summed E-state index contributed by atoms with van der Waals surface area (Å²) in [4.78, 5) is 2.26. The molecule has 1 aliphatic heterocycles. The molecular formula is C13H17F2N3S. The Bertz CT molecular complexity index is 459. The van der Waals surface area contributed by atoms with Gasteiger partial charge in [-0.2, -0.15) is 0 Å². The number of halogens is 2. The molecule has 2 rings (SSSR count). The molecule has 2 N–H and O–H groups in total. The number of hydrogen-bond donors (Lipinski definition) is 2. The molecule has 0 aliphatic carbocycles. The van der Waals surface area contributed by atoms with E-state index in [1.54, 1.807) is 0 Å². The third-order valence-electron chi connectivity index (χ3n) is 3.23. The van der Waals surface area contributed by atoms with Gasteiger partial charge in [0.1, 0.15) is 11.6 Å². The zero-order valence-electron chi connectivity index (χ0n) is 10.7. The van der Waals surface area contributed by atoms with Crippen molar-refractivity contribution in [2.45, 2.75) is 18.9 Å². The minimum Gasteiger partial charge on any atom is -0.360 e. The zero-order valence-corrected chi connectivity index (χ0v) is 11.6. The van der Waals surface area contributed by atoms with Crippen LogP contribution in [-0.2, 0) is 0 Å². The second-order valence-electron chi connectivity index (χ2n) is 4.80. The summed E-state index contributed by atoms with van der Waals surface area (Å²) in [6.07, 6.45) is 2.01. The molecule has 6 heteroatoms. The van der Waals surface area contributed by atoms with Gasteiger partial charge in [-0.1, -0.05) is 0 Å². The van der Waals surface area contributed by atoms with Crippen molar-refractivity contribution >= 4 is 23.0 Å². The number of anilines is 1. The van der Waals surface area contributed by atoms with Crippen LogP contribution in [0.5, 0.6) is 0 Å². The Morgan fingerprint density at radius 3 is 2.63 bits per heavy atom. The second-order valence-corrected chi connectivity index (χ2v) is 5.21. The molecule has 1 aromatic carbocycles. The van der Waals surface area contributed by atoms with E-state index < -0.39 is 11.6 Å². The fraction of sp³-hybridized carbons (Fsp3) is 0.462. The van der Waals surface area contributed by atoms with Crippen molar-refractivity contribution in [3.05, 3.63) is 29.8 Å². The SMILES string of the molecule is CN1CCC(NC(=S)Nc2ccc(F)cc2F)CC1. The third-order valence-corrected chi connectivity index (χ3v) is 3.45. The summed E-state index contributed by atoms with van der Waals surface area (Å²) in [6.45, 7) is 2.04. The number of hydrogen-bond acceptors (Lipinski definition) is 2. The number of nitrogens with one attached hydrogen (secondary N) is 2. The molecule has 0 unspecified atom stereocenters. The van der Waals surface area contributed by atoms with Gasteiger partial charge in [0.2, 0.25) is 0 Å². The van der Waals surface area contributed by atoms with Crippen LogP contribution in [0, 0.1) is 11.6 Å². The molecule has 1 heterocycles. The van der Waals surface area contributed by atoms with Crippen molar-refractivity contribution in [1.29, 1.82) is 0 Å². The van der Waals surface area contributed by atoms with Crippen molar-refractivity contribution in [3.8, 4) is 0 Å². The Morgan fingerprint density at radius 2 is 2.00 bits per heavy atom. The molecule has 0 atom stereocenters. The third kappa shape index (κ3) is 4.11. The predicted octanol–water partition coefficient (Wildman–Crippen LogP) is 2.35. The normalized spacial score (nSPS) is 17.2. The average molecular weight is 285 g/mol. The Labute approximate surface area is 117 Å². The van der Waals surface area contributed by atoms with Crippen LogP contribution in [0.2, 0.25) is 0 Å². The Kier molecular flexibility index (Phi) is 4.66. The molecule has 0 spiro atoms.